The van der Waals surface area contributed by atoms with Crippen molar-refractivity contribution < 1.29 is 9.59 Å². The Morgan fingerprint density at radius 3 is 2.43 bits per heavy atom. The van der Waals surface area contributed by atoms with E-state index in [1.807, 2.05) is 49.4 Å². The monoisotopic (exact) mass is 381 g/mol. The van der Waals surface area contributed by atoms with Crippen LogP contribution >= 0.6 is 0 Å². The zero-order valence-electron chi connectivity index (χ0n) is 16.5. The molecule has 1 N–H and O–H groups in total. The number of aromatic nitrogens is 1. The summed E-state index contributed by atoms with van der Waals surface area (Å²) in [5, 5.41) is 2.82. The topological polar surface area (TPSA) is 68.8 Å². The van der Waals surface area contributed by atoms with Crippen molar-refractivity contribution in [3.8, 4) is 0 Å². The second-order valence-corrected chi connectivity index (χ2v) is 7.12. The van der Waals surface area contributed by atoms with E-state index in [1.165, 1.54) is 4.90 Å². The number of hydrogen-bond donors (Lipinski definition) is 1. The molecule has 0 aliphatic carbocycles. The summed E-state index contributed by atoms with van der Waals surface area (Å²) in [6.07, 6.45) is 1.79. The van der Waals surface area contributed by atoms with Gasteiger partial charge in [-0.2, -0.15) is 0 Å². The number of likely N-dealkylation sites (N-methyl/N-ethyl adjacent to an activating group) is 1. The molecule has 2 amide bonds. The van der Waals surface area contributed by atoms with E-state index in [0.717, 1.165) is 43.2 Å². The molecule has 2 aromatic rings. The maximum atomic E-state index is 12.5. The van der Waals surface area contributed by atoms with Gasteiger partial charge in [0.1, 0.15) is 5.82 Å². The van der Waals surface area contributed by atoms with Gasteiger partial charge in [0.05, 0.1) is 13.1 Å². The number of piperazine rings is 1. The Bertz CT molecular complexity index is 786. The molecule has 0 atom stereocenters. The summed E-state index contributed by atoms with van der Waals surface area (Å²) in [6.45, 7) is 5.63. The van der Waals surface area contributed by atoms with Crippen molar-refractivity contribution in [2.45, 2.75) is 6.92 Å². The van der Waals surface area contributed by atoms with Crippen molar-refractivity contribution in [3.63, 3.8) is 0 Å². The Morgan fingerprint density at radius 1 is 1.07 bits per heavy atom. The van der Waals surface area contributed by atoms with Crippen LogP contribution in [0.3, 0.4) is 0 Å². The van der Waals surface area contributed by atoms with Gasteiger partial charge in [-0.3, -0.25) is 14.5 Å². The summed E-state index contributed by atoms with van der Waals surface area (Å²) in [7, 11) is 1.67. The molecule has 7 nitrogen and oxygen atoms in total. The quantitative estimate of drug-likeness (QED) is 0.823. The number of hydrogen-bond acceptors (Lipinski definition) is 5. The van der Waals surface area contributed by atoms with Crippen LogP contribution in [0.2, 0.25) is 0 Å². The van der Waals surface area contributed by atoms with Crippen molar-refractivity contribution >= 4 is 23.3 Å². The van der Waals surface area contributed by atoms with Gasteiger partial charge in [0.2, 0.25) is 11.8 Å². The Kier molecular flexibility index (Phi) is 6.60. The lowest BCUT2D eigenvalue weighted by molar-refractivity contribution is -0.134. The van der Waals surface area contributed by atoms with Crippen LogP contribution < -0.4 is 10.2 Å². The molecule has 148 valence electrons. The summed E-state index contributed by atoms with van der Waals surface area (Å²) in [6, 6.07) is 13.5. The van der Waals surface area contributed by atoms with Crippen LogP contribution in [0.4, 0.5) is 11.5 Å². The highest BCUT2D eigenvalue weighted by Gasteiger charge is 2.22. The fourth-order valence-electron chi connectivity index (χ4n) is 3.13. The average molecular weight is 381 g/mol. The van der Waals surface area contributed by atoms with E-state index in [4.69, 9.17) is 0 Å². The van der Waals surface area contributed by atoms with Gasteiger partial charge < -0.3 is 15.1 Å². The number of nitrogens with one attached hydrogen (secondary N) is 1. The van der Waals surface area contributed by atoms with Gasteiger partial charge in [-0.15, -0.1) is 0 Å². The van der Waals surface area contributed by atoms with Gasteiger partial charge in [0.15, 0.2) is 0 Å². The number of rotatable bonds is 6. The van der Waals surface area contributed by atoms with E-state index >= 15 is 0 Å². The third kappa shape index (κ3) is 5.53. The second-order valence-electron chi connectivity index (χ2n) is 7.12. The normalized spacial score (nSPS) is 14.6. The van der Waals surface area contributed by atoms with Crippen LogP contribution in [-0.4, -0.2) is 72.9 Å². The Labute approximate surface area is 166 Å². The highest BCUT2D eigenvalue weighted by Crippen LogP contribution is 2.12. The molecule has 28 heavy (non-hydrogen) atoms. The van der Waals surface area contributed by atoms with Gasteiger partial charge in [-0.1, -0.05) is 23.8 Å². The molecule has 2 heterocycles. The van der Waals surface area contributed by atoms with Crippen molar-refractivity contribution in [2.75, 3.05) is 56.5 Å². The predicted molar refractivity (Wildman–Crippen MR) is 110 cm³/mol. The van der Waals surface area contributed by atoms with Crippen LogP contribution in [0.25, 0.3) is 0 Å². The number of amides is 2. The third-order valence-electron chi connectivity index (χ3n) is 4.85. The molecule has 1 aliphatic rings. The van der Waals surface area contributed by atoms with Gasteiger partial charge in [0, 0.05) is 45.1 Å². The molecule has 0 spiro atoms. The predicted octanol–water partition coefficient (Wildman–Crippen LogP) is 1.61. The van der Waals surface area contributed by atoms with Gasteiger partial charge in [0.25, 0.3) is 0 Å². The molecule has 0 saturated carbocycles. The standard InChI is InChI=1S/C21H27N5O2/c1-17-6-8-18(9-7-17)23-20(27)15-24(2)21(28)16-25-11-13-26(14-12-25)19-5-3-4-10-22-19/h3-10H,11-16H2,1-2H3,(H,23,27). The van der Waals surface area contributed by atoms with Gasteiger partial charge in [-0.05, 0) is 31.2 Å². The first kappa shape index (κ1) is 19.8. The summed E-state index contributed by atoms with van der Waals surface area (Å²) < 4.78 is 0. The number of carbonyl (C=O) groups excluding carboxylic acids is 2. The summed E-state index contributed by atoms with van der Waals surface area (Å²) in [5.41, 5.74) is 1.87. The van der Waals surface area contributed by atoms with Gasteiger partial charge in [-0.25, -0.2) is 4.98 Å². The maximum absolute atomic E-state index is 12.5. The van der Waals surface area contributed by atoms with Crippen LogP contribution in [0.15, 0.2) is 48.7 Å². The number of anilines is 2. The first-order valence-electron chi connectivity index (χ1n) is 9.50. The highest BCUT2D eigenvalue weighted by molar-refractivity contribution is 5.94. The lowest BCUT2D eigenvalue weighted by Gasteiger charge is -2.35. The number of aryl methyl sites for hydroxylation is 1. The number of benzene rings is 1. The molecule has 7 heteroatoms. The molecule has 0 radical (unpaired) electrons. The SMILES string of the molecule is Cc1ccc(NC(=O)CN(C)C(=O)CN2CCN(c3ccccn3)CC2)cc1. The van der Waals surface area contributed by atoms with E-state index in [9.17, 15) is 9.59 Å². The molecule has 1 fully saturated rings. The fourth-order valence-corrected chi connectivity index (χ4v) is 3.13. The largest absolute Gasteiger partial charge is 0.354 e. The number of pyridine rings is 1. The lowest BCUT2D eigenvalue weighted by atomic mass is 10.2. The molecule has 1 aromatic carbocycles. The van der Waals surface area contributed by atoms with E-state index in [0.29, 0.717) is 6.54 Å². The smallest absolute Gasteiger partial charge is 0.243 e. The van der Waals surface area contributed by atoms with E-state index in [2.05, 4.69) is 20.1 Å². The average Bonchev–Trinajstić information content (AvgIpc) is 2.71. The molecule has 1 aromatic heterocycles. The fraction of sp³-hybridized carbons (Fsp3) is 0.381. The van der Waals surface area contributed by atoms with Crippen LogP contribution in [0, 0.1) is 6.92 Å². The third-order valence-corrected chi connectivity index (χ3v) is 4.85. The molecule has 0 bridgehead atoms. The number of nitrogens with zero attached hydrogens (tertiary/aromatic N) is 4. The summed E-state index contributed by atoms with van der Waals surface area (Å²) in [5.74, 6) is 0.725. The molecule has 1 saturated heterocycles. The Morgan fingerprint density at radius 2 is 1.79 bits per heavy atom. The Hall–Kier alpha value is -2.93. The molecule has 0 unspecified atom stereocenters. The molecule has 1 aliphatic heterocycles. The Balaban J connectivity index is 1.42. The zero-order chi connectivity index (χ0) is 19.9. The van der Waals surface area contributed by atoms with Crippen molar-refractivity contribution in [1.82, 2.24) is 14.8 Å². The van der Waals surface area contributed by atoms with Crippen LogP contribution in [-0.2, 0) is 9.59 Å². The molecular weight excluding hydrogens is 354 g/mol. The number of carbonyl (C=O) groups is 2. The van der Waals surface area contributed by atoms with Crippen LogP contribution in [0.5, 0.6) is 0 Å². The molecule has 3 rings (SSSR count). The second kappa shape index (κ2) is 9.32. The van der Waals surface area contributed by atoms with Gasteiger partial charge >= 0.3 is 0 Å². The first-order chi connectivity index (χ1) is 13.5. The summed E-state index contributed by atoms with van der Waals surface area (Å²) >= 11 is 0. The van der Waals surface area contributed by atoms with E-state index < -0.39 is 0 Å². The lowest BCUT2D eigenvalue weighted by Crippen LogP contribution is -2.50. The minimum atomic E-state index is -0.195. The zero-order valence-corrected chi connectivity index (χ0v) is 16.5. The van der Waals surface area contributed by atoms with Crippen molar-refractivity contribution in [1.29, 1.82) is 0 Å². The van der Waals surface area contributed by atoms with E-state index in [-0.39, 0.29) is 18.4 Å². The van der Waals surface area contributed by atoms with Crippen molar-refractivity contribution in [2.24, 2.45) is 0 Å². The minimum absolute atomic E-state index is 0.0423. The highest BCUT2D eigenvalue weighted by atomic mass is 16.2. The molecular formula is C21H27N5O2. The first-order valence-corrected chi connectivity index (χ1v) is 9.50. The van der Waals surface area contributed by atoms with Crippen molar-refractivity contribution in [3.05, 3.63) is 54.2 Å². The van der Waals surface area contributed by atoms with Crippen LogP contribution in [0.1, 0.15) is 5.56 Å². The minimum Gasteiger partial charge on any atom is -0.354 e. The summed E-state index contributed by atoms with van der Waals surface area (Å²) in [4.78, 5) is 34.8. The van der Waals surface area contributed by atoms with E-state index in [1.54, 1.807) is 13.2 Å². The maximum Gasteiger partial charge on any atom is 0.243 e.